The maximum Gasteiger partial charge on any atom is 0.0964 e. The average Bonchev–Trinajstić information content (AvgIpc) is 1.65. The molecule has 0 atom stereocenters. The molecule has 0 heterocycles. The summed E-state index contributed by atoms with van der Waals surface area (Å²) in [6.07, 6.45) is 12.1. The van der Waals surface area contributed by atoms with Gasteiger partial charge in [-0.2, -0.15) is 0 Å². The van der Waals surface area contributed by atoms with Gasteiger partial charge < -0.3 is 17.6 Å². The molecule has 0 aliphatic carbocycles. The molecule has 0 N–H and O–H groups in total. The van der Waals surface area contributed by atoms with Crippen molar-refractivity contribution in [2.45, 2.75) is 0 Å². The third-order valence-electron chi connectivity index (χ3n) is 0.227. The number of hydrogen-bond acceptors (Lipinski definition) is 1. The van der Waals surface area contributed by atoms with E-state index in [-0.39, 0.29) is 0 Å². The van der Waals surface area contributed by atoms with E-state index in [4.69, 9.17) is 12.8 Å². The van der Waals surface area contributed by atoms with Gasteiger partial charge in [0.25, 0.3) is 0 Å². The average molecular weight is 76.1 g/mol. The van der Waals surface area contributed by atoms with Gasteiger partial charge in [0.05, 0.1) is 5.78 Å². The van der Waals surface area contributed by atoms with Crippen LogP contribution in [0.5, 0.6) is 0 Å². The number of carbonyl (C=O) groups excluding carboxylic acids is 1. The van der Waals surface area contributed by atoms with Crippen molar-refractivity contribution in [2.24, 2.45) is 0 Å². The molecule has 0 aromatic heterocycles. The zero-order valence-electron chi connectivity index (χ0n) is 2.91. The van der Waals surface area contributed by atoms with Gasteiger partial charge in [-0.3, -0.25) is 0 Å². The lowest BCUT2D eigenvalue weighted by Gasteiger charge is -1.79. The van der Waals surface area contributed by atoms with Gasteiger partial charge in [-0.1, -0.05) is 0 Å². The third-order valence-corrected chi connectivity index (χ3v) is 0.227. The van der Waals surface area contributed by atoms with E-state index in [9.17, 15) is 4.79 Å². The van der Waals surface area contributed by atoms with Crippen molar-refractivity contribution in [1.82, 2.24) is 0 Å². The van der Waals surface area contributed by atoms with Crippen LogP contribution in [0.4, 0.5) is 0 Å². The van der Waals surface area contributed by atoms with Gasteiger partial charge in [-0.05, 0) is 0 Å². The summed E-state index contributed by atoms with van der Waals surface area (Å²) in [6, 6.07) is 0. The summed E-state index contributed by atoms with van der Waals surface area (Å²) in [5.74, 6) is 2.03. The molecule has 0 radical (unpaired) electrons. The Labute approximate surface area is 36.4 Å². The Morgan fingerprint density at radius 3 is 1.67 bits per heavy atom. The highest BCUT2D eigenvalue weighted by Gasteiger charge is 1.57. The summed E-state index contributed by atoms with van der Waals surface area (Å²) in [5, 5.41) is 0. The number of hydrogen-bond donors (Lipinski definition) is 0. The Kier molecular flexibility index (Phi) is 1.64. The van der Waals surface area contributed by atoms with Crippen LogP contribution < -0.4 is 0 Å². The van der Waals surface area contributed by atoms with E-state index < -0.39 is 5.78 Å². The van der Waals surface area contributed by atoms with Crippen molar-refractivity contribution in [1.29, 1.82) is 0 Å². The Hall–Kier alpha value is -1.21. The second-order valence-corrected chi connectivity index (χ2v) is 0.579. The first-order valence-electron chi connectivity index (χ1n) is 1.20. The first-order valence-corrected chi connectivity index (χ1v) is 1.20. The van der Waals surface area contributed by atoms with Gasteiger partial charge in [0.2, 0.25) is 0 Å². The molecule has 0 saturated carbocycles. The molecule has 0 aromatic carbocycles. The second kappa shape index (κ2) is 2.05. The van der Waals surface area contributed by atoms with Gasteiger partial charge in [0, 0.05) is 0 Å². The molecular weight excluding hydrogens is 76.1 g/mol. The molecule has 0 bridgehead atoms. The van der Waals surface area contributed by atoms with E-state index in [1.54, 1.807) is 0 Å². The summed E-state index contributed by atoms with van der Waals surface area (Å²) in [6.45, 7) is 0. The van der Waals surface area contributed by atoms with Crippen molar-refractivity contribution < 1.29 is 4.79 Å². The monoisotopic (exact) mass is 76.0 g/mol. The molecular formula is C5O-2. The highest BCUT2D eigenvalue weighted by Crippen LogP contribution is 1.54. The summed E-state index contributed by atoms with van der Waals surface area (Å²) < 4.78 is 0. The quantitative estimate of drug-likeness (QED) is 0.287. The van der Waals surface area contributed by atoms with Crippen molar-refractivity contribution >= 4 is 5.78 Å². The van der Waals surface area contributed by atoms with Crippen LogP contribution in [-0.4, -0.2) is 5.78 Å². The normalized spacial score (nSPS) is 5.00. The summed E-state index contributed by atoms with van der Waals surface area (Å²) in [5.41, 5.74) is 0. The van der Waals surface area contributed by atoms with E-state index in [2.05, 4.69) is 0 Å². The molecule has 0 amide bonds. The van der Waals surface area contributed by atoms with E-state index in [0.29, 0.717) is 0 Å². The third kappa shape index (κ3) is 1.15. The van der Waals surface area contributed by atoms with Crippen LogP contribution in [0.3, 0.4) is 0 Å². The minimum atomic E-state index is -0.824. The van der Waals surface area contributed by atoms with Crippen LogP contribution in [-0.2, 0) is 4.79 Å². The van der Waals surface area contributed by atoms with Crippen molar-refractivity contribution in [3.05, 3.63) is 12.8 Å². The minimum absolute atomic E-state index is 0.824. The number of Topliss-reactive ketones (excluding diaryl/α,β-unsaturated/α-hetero) is 1. The summed E-state index contributed by atoms with van der Waals surface area (Å²) in [7, 11) is 0. The molecule has 1 heteroatoms. The Morgan fingerprint density at radius 1 is 1.33 bits per heavy atom. The summed E-state index contributed by atoms with van der Waals surface area (Å²) in [4.78, 5) is 9.58. The van der Waals surface area contributed by atoms with E-state index >= 15 is 0 Å². The highest BCUT2D eigenvalue weighted by molar-refractivity contribution is 6.06. The molecule has 0 rings (SSSR count). The number of ketones is 1. The molecule has 0 spiro atoms. The number of rotatable bonds is 0. The fourth-order valence-electron chi connectivity index (χ4n) is 0.0312. The predicted octanol–water partition coefficient (Wildman–Crippen LogP) is -0.265. The Balaban J connectivity index is 3.75. The zero-order valence-corrected chi connectivity index (χ0v) is 2.91. The first kappa shape index (κ1) is 4.79. The summed E-state index contributed by atoms with van der Waals surface area (Å²) >= 11 is 0. The lowest BCUT2D eigenvalue weighted by Crippen LogP contribution is -1.81. The molecule has 1 nitrogen and oxygen atoms in total. The largest absolute Gasteiger partial charge is 0.385 e. The SMILES string of the molecule is [C-]#CC(=O)C#[C-]. The predicted molar refractivity (Wildman–Crippen MR) is 19.3 cm³/mol. The van der Waals surface area contributed by atoms with Crippen molar-refractivity contribution in [3.8, 4) is 11.8 Å². The molecule has 0 saturated heterocycles. The van der Waals surface area contributed by atoms with Crippen LogP contribution in [0.15, 0.2) is 0 Å². The molecule has 6 heavy (non-hydrogen) atoms. The van der Waals surface area contributed by atoms with Crippen molar-refractivity contribution in [2.75, 3.05) is 0 Å². The number of carbonyl (C=O) groups is 1. The maximum absolute atomic E-state index is 9.58. The molecule has 0 aromatic rings. The molecule has 0 unspecified atom stereocenters. The van der Waals surface area contributed by atoms with Crippen LogP contribution >= 0.6 is 0 Å². The lowest BCUT2D eigenvalue weighted by molar-refractivity contribution is -0.109. The second-order valence-electron chi connectivity index (χ2n) is 0.579. The Bertz CT molecular complexity index is 115. The zero-order chi connectivity index (χ0) is 4.99. The topological polar surface area (TPSA) is 17.1 Å². The maximum atomic E-state index is 9.58. The van der Waals surface area contributed by atoms with E-state index in [0.717, 1.165) is 0 Å². The fourth-order valence-corrected chi connectivity index (χ4v) is 0.0312. The highest BCUT2D eigenvalue weighted by atomic mass is 16.1. The molecule has 0 aliphatic heterocycles. The van der Waals surface area contributed by atoms with Crippen molar-refractivity contribution in [3.63, 3.8) is 0 Å². The molecule has 0 aliphatic rings. The standard InChI is InChI=1S/C5O/c1-3-5(6)4-2/q-2. The van der Waals surface area contributed by atoms with Gasteiger partial charge >= 0.3 is 0 Å². The lowest BCUT2D eigenvalue weighted by atomic mass is 10.4. The van der Waals surface area contributed by atoms with E-state index in [1.165, 1.54) is 11.8 Å². The first-order chi connectivity index (χ1) is 2.81. The smallest absolute Gasteiger partial charge is 0.0964 e. The minimum Gasteiger partial charge on any atom is -0.385 e. The van der Waals surface area contributed by atoms with Crippen LogP contribution in [0.25, 0.3) is 0 Å². The van der Waals surface area contributed by atoms with Gasteiger partial charge in [-0.15, -0.1) is 0 Å². The molecule has 28 valence electrons. The van der Waals surface area contributed by atoms with Crippen LogP contribution in [0.2, 0.25) is 0 Å². The van der Waals surface area contributed by atoms with Gasteiger partial charge in [0.1, 0.15) is 0 Å². The fraction of sp³-hybridized carbons (Fsp3) is 0. The van der Waals surface area contributed by atoms with Gasteiger partial charge in [-0.25, -0.2) is 11.8 Å². The Morgan fingerprint density at radius 2 is 1.67 bits per heavy atom. The molecule has 0 fully saturated rings. The van der Waals surface area contributed by atoms with Gasteiger partial charge in [0.15, 0.2) is 0 Å². The van der Waals surface area contributed by atoms with E-state index in [1.807, 2.05) is 0 Å². The van der Waals surface area contributed by atoms with Crippen LogP contribution in [0, 0.1) is 24.7 Å². The van der Waals surface area contributed by atoms with Crippen LogP contribution in [0.1, 0.15) is 0 Å².